The van der Waals surface area contributed by atoms with Gasteiger partial charge in [-0.1, -0.05) is 25.1 Å². The molecule has 4 aromatic rings. The van der Waals surface area contributed by atoms with E-state index in [-0.39, 0.29) is 0 Å². The van der Waals surface area contributed by atoms with Crippen molar-refractivity contribution in [3.05, 3.63) is 84.3 Å². The second-order valence-corrected chi connectivity index (χ2v) is 5.93. The topological polar surface area (TPSA) is 66.7 Å². The molecule has 0 amide bonds. The van der Waals surface area contributed by atoms with Crippen LogP contribution in [0.5, 0.6) is 0 Å². The summed E-state index contributed by atoms with van der Waals surface area (Å²) in [5.74, 6) is -1.56. The van der Waals surface area contributed by atoms with Crippen LogP contribution in [0.25, 0.3) is 10.9 Å². The van der Waals surface area contributed by atoms with Gasteiger partial charge in [-0.2, -0.15) is 0 Å². The molecule has 4 N–H and O–H groups in total. The van der Waals surface area contributed by atoms with Crippen molar-refractivity contribution in [3.8, 4) is 0 Å². The lowest BCUT2D eigenvalue weighted by molar-refractivity contribution is 0.593. The zero-order chi connectivity index (χ0) is 19.2. The van der Waals surface area contributed by atoms with Gasteiger partial charge in [0.1, 0.15) is 5.69 Å². The summed E-state index contributed by atoms with van der Waals surface area (Å²) < 4.78 is 26.3. The van der Waals surface area contributed by atoms with E-state index in [0.29, 0.717) is 11.4 Å². The number of aromatic nitrogens is 2. The predicted molar refractivity (Wildman–Crippen MR) is 106 cm³/mol. The second kappa shape index (κ2) is 8.31. The van der Waals surface area contributed by atoms with E-state index in [1.54, 1.807) is 24.5 Å². The van der Waals surface area contributed by atoms with E-state index in [9.17, 15) is 8.78 Å². The number of anilines is 3. The Kier molecular flexibility index (Phi) is 5.66. The first-order chi connectivity index (χ1) is 13.1. The molecule has 0 saturated carbocycles. The molecule has 0 fully saturated rings. The van der Waals surface area contributed by atoms with Crippen molar-refractivity contribution in [2.24, 2.45) is 0 Å². The number of fused-ring (bicyclic) bond motifs is 1. The van der Waals surface area contributed by atoms with Crippen molar-refractivity contribution in [2.45, 2.75) is 13.3 Å². The highest BCUT2D eigenvalue weighted by atomic mass is 19.1. The quantitative estimate of drug-likeness (QED) is 0.424. The number of benzene rings is 2. The van der Waals surface area contributed by atoms with Crippen molar-refractivity contribution in [3.63, 3.8) is 0 Å². The van der Waals surface area contributed by atoms with Gasteiger partial charge >= 0.3 is 0 Å². The largest absolute Gasteiger partial charge is 0.394 e. The van der Waals surface area contributed by atoms with Crippen molar-refractivity contribution in [1.82, 2.24) is 9.97 Å². The Morgan fingerprint density at radius 3 is 2.33 bits per heavy atom. The SMILES string of the molecule is CCc1c[nH]c2ccccc12.Nc1c(F)cc(Nc2ccncc2)cc1F. The maximum atomic E-state index is 13.1. The van der Waals surface area contributed by atoms with Crippen LogP contribution in [0.15, 0.2) is 67.1 Å². The summed E-state index contributed by atoms with van der Waals surface area (Å²) in [4.78, 5) is 7.07. The van der Waals surface area contributed by atoms with E-state index in [0.717, 1.165) is 18.6 Å². The van der Waals surface area contributed by atoms with Crippen molar-refractivity contribution < 1.29 is 8.78 Å². The normalized spacial score (nSPS) is 10.3. The molecule has 4 nitrogen and oxygen atoms in total. The number of rotatable bonds is 3. The zero-order valence-electron chi connectivity index (χ0n) is 14.8. The molecule has 6 heteroatoms. The van der Waals surface area contributed by atoms with E-state index >= 15 is 0 Å². The number of H-pyrrole nitrogens is 1. The van der Waals surface area contributed by atoms with Gasteiger partial charge in [-0.05, 0) is 42.3 Å². The number of aryl methyl sites for hydroxylation is 1. The maximum Gasteiger partial charge on any atom is 0.151 e. The number of hydrogen-bond acceptors (Lipinski definition) is 3. The molecule has 0 atom stereocenters. The molecule has 0 aliphatic rings. The van der Waals surface area contributed by atoms with Crippen molar-refractivity contribution in [2.75, 3.05) is 11.1 Å². The molecule has 0 aliphatic heterocycles. The van der Waals surface area contributed by atoms with Crippen LogP contribution in [-0.2, 0) is 6.42 Å². The van der Waals surface area contributed by atoms with Gasteiger partial charge in [0.05, 0.1) is 0 Å². The Bertz CT molecular complexity index is 1010. The minimum Gasteiger partial charge on any atom is -0.394 e. The van der Waals surface area contributed by atoms with Gasteiger partial charge in [-0.3, -0.25) is 4.98 Å². The molecular formula is C21H20F2N4. The minimum atomic E-state index is -0.781. The Hall–Kier alpha value is -3.41. The number of para-hydroxylation sites is 1. The molecule has 0 radical (unpaired) electrons. The number of halogens is 2. The lowest BCUT2D eigenvalue weighted by atomic mass is 10.1. The van der Waals surface area contributed by atoms with E-state index in [4.69, 9.17) is 5.73 Å². The standard InChI is InChI=1S/C11H9F2N3.C10H11N/c12-9-5-8(6-10(13)11(9)14)16-7-1-3-15-4-2-7;1-2-8-7-11-10-6-4-3-5-9(8)10/h1-6H,14H2,(H,15,16);3-7,11H,2H2,1H3. The molecule has 2 aromatic heterocycles. The van der Waals surface area contributed by atoms with Crippen molar-refractivity contribution in [1.29, 1.82) is 0 Å². The van der Waals surface area contributed by atoms with Crippen molar-refractivity contribution >= 4 is 28.0 Å². The number of nitrogens with two attached hydrogens (primary N) is 1. The Labute approximate surface area is 156 Å². The van der Waals surface area contributed by atoms with Crippen LogP contribution in [0.3, 0.4) is 0 Å². The summed E-state index contributed by atoms with van der Waals surface area (Å²) >= 11 is 0. The van der Waals surface area contributed by atoms with E-state index < -0.39 is 17.3 Å². The Morgan fingerprint density at radius 2 is 1.67 bits per heavy atom. The molecule has 0 saturated heterocycles. The molecule has 0 spiro atoms. The summed E-state index contributed by atoms with van der Waals surface area (Å²) in [5.41, 5.74) is 8.32. The fourth-order valence-electron chi connectivity index (χ4n) is 2.68. The van der Waals surface area contributed by atoms with Crippen LogP contribution >= 0.6 is 0 Å². The van der Waals surface area contributed by atoms with E-state index in [1.165, 1.54) is 16.5 Å². The first kappa shape index (κ1) is 18.4. The molecule has 0 aliphatic carbocycles. The minimum absolute atomic E-state index is 0.301. The molecule has 2 heterocycles. The third-order valence-electron chi connectivity index (χ3n) is 4.10. The molecule has 2 aromatic carbocycles. The average Bonchev–Trinajstić information content (AvgIpc) is 3.11. The summed E-state index contributed by atoms with van der Waals surface area (Å²) in [6, 6.07) is 14.0. The van der Waals surface area contributed by atoms with E-state index in [2.05, 4.69) is 52.7 Å². The van der Waals surface area contributed by atoms with Gasteiger partial charge in [0.25, 0.3) is 0 Å². The summed E-state index contributed by atoms with van der Waals surface area (Å²) in [7, 11) is 0. The monoisotopic (exact) mass is 366 g/mol. The maximum absolute atomic E-state index is 13.1. The van der Waals surface area contributed by atoms with Gasteiger partial charge in [-0.25, -0.2) is 8.78 Å². The summed E-state index contributed by atoms with van der Waals surface area (Å²) in [6.07, 6.45) is 6.34. The number of nitrogen functional groups attached to an aromatic ring is 1. The highest BCUT2D eigenvalue weighted by molar-refractivity contribution is 5.82. The molecular weight excluding hydrogens is 346 g/mol. The molecule has 0 unspecified atom stereocenters. The molecule has 0 bridgehead atoms. The molecule has 138 valence electrons. The lowest BCUT2D eigenvalue weighted by Crippen LogP contribution is -1.98. The fraction of sp³-hybridized carbons (Fsp3) is 0.0952. The fourth-order valence-corrected chi connectivity index (χ4v) is 2.68. The number of nitrogens with one attached hydrogen (secondary N) is 2. The highest BCUT2D eigenvalue weighted by Gasteiger charge is 2.07. The Morgan fingerprint density at radius 1 is 1.00 bits per heavy atom. The van der Waals surface area contributed by atoms with Gasteiger partial charge in [0, 0.05) is 40.9 Å². The number of hydrogen-bond donors (Lipinski definition) is 3. The third-order valence-corrected chi connectivity index (χ3v) is 4.10. The lowest BCUT2D eigenvalue weighted by Gasteiger charge is -2.07. The number of nitrogens with zero attached hydrogens (tertiary/aromatic N) is 1. The summed E-state index contributed by atoms with van der Waals surface area (Å²) in [6.45, 7) is 2.18. The van der Waals surface area contributed by atoms with Crippen LogP contribution in [0.1, 0.15) is 12.5 Å². The second-order valence-electron chi connectivity index (χ2n) is 5.93. The third kappa shape index (κ3) is 4.41. The molecule has 4 rings (SSSR count). The number of pyridine rings is 1. The van der Waals surface area contributed by atoms with Gasteiger partial charge < -0.3 is 16.0 Å². The Balaban J connectivity index is 0.000000166. The zero-order valence-corrected chi connectivity index (χ0v) is 14.8. The van der Waals surface area contributed by atoms with Crippen LogP contribution in [-0.4, -0.2) is 9.97 Å². The first-order valence-corrected chi connectivity index (χ1v) is 8.55. The summed E-state index contributed by atoms with van der Waals surface area (Å²) in [5, 5.41) is 4.19. The average molecular weight is 366 g/mol. The van der Waals surface area contributed by atoms with Gasteiger partial charge in [-0.15, -0.1) is 0 Å². The first-order valence-electron chi connectivity index (χ1n) is 8.55. The number of aromatic amines is 1. The molecule has 27 heavy (non-hydrogen) atoms. The van der Waals surface area contributed by atoms with Crippen LogP contribution < -0.4 is 11.1 Å². The predicted octanol–water partition coefficient (Wildman–Crippen LogP) is 5.42. The van der Waals surface area contributed by atoms with E-state index in [1.807, 2.05) is 0 Å². The van der Waals surface area contributed by atoms with Gasteiger partial charge in [0.2, 0.25) is 0 Å². The highest BCUT2D eigenvalue weighted by Crippen LogP contribution is 2.23. The van der Waals surface area contributed by atoms with Crippen LogP contribution in [0, 0.1) is 11.6 Å². The van der Waals surface area contributed by atoms with Gasteiger partial charge in [0.15, 0.2) is 11.6 Å². The smallest absolute Gasteiger partial charge is 0.151 e. The van der Waals surface area contributed by atoms with Crippen LogP contribution in [0.4, 0.5) is 25.8 Å². The van der Waals surface area contributed by atoms with Crippen LogP contribution in [0.2, 0.25) is 0 Å².